The first-order valence-electron chi connectivity index (χ1n) is 5.72. The standard InChI is InChI=1S/C13H8BrClN4O/c14-11-12(8-4-2-1-3-5-8)18-19(13(11)20)10-7-6-9(15)16-17-10/h1-7,18H. The first-order chi connectivity index (χ1) is 9.66. The van der Waals surface area contributed by atoms with Gasteiger partial charge in [0.2, 0.25) is 0 Å². The van der Waals surface area contributed by atoms with E-state index in [1.165, 1.54) is 4.68 Å². The number of hydrogen-bond donors (Lipinski definition) is 1. The van der Waals surface area contributed by atoms with E-state index in [0.29, 0.717) is 16.0 Å². The van der Waals surface area contributed by atoms with Crippen LogP contribution in [0.3, 0.4) is 0 Å². The fraction of sp³-hybridized carbons (Fsp3) is 0. The van der Waals surface area contributed by atoms with Crippen LogP contribution in [0.2, 0.25) is 5.15 Å². The van der Waals surface area contributed by atoms with Crippen LogP contribution in [0.4, 0.5) is 0 Å². The number of benzene rings is 1. The molecule has 0 fully saturated rings. The van der Waals surface area contributed by atoms with E-state index >= 15 is 0 Å². The van der Waals surface area contributed by atoms with Crippen molar-refractivity contribution in [2.75, 3.05) is 0 Å². The van der Waals surface area contributed by atoms with Gasteiger partial charge in [-0.25, -0.2) is 0 Å². The van der Waals surface area contributed by atoms with Gasteiger partial charge in [-0.2, -0.15) is 4.68 Å². The third-order valence-electron chi connectivity index (χ3n) is 2.74. The second-order valence-corrected chi connectivity index (χ2v) is 5.20. The van der Waals surface area contributed by atoms with Crippen LogP contribution in [0, 0.1) is 0 Å². The van der Waals surface area contributed by atoms with E-state index in [4.69, 9.17) is 11.6 Å². The first-order valence-corrected chi connectivity index (χ1v) is 6.89. The summed E-state index contributed by atoms with van der Waals surface area (Å²) in [6.07, 6.45) is 0. The van der Waals surface area contributed by atoms with E-state index in [9.17, 15) is 4.79 Å². The quantitative estimate of drug-likeness (QED) is 0.772. The summed E-state index contributed by atoms with van der Waals surface area (Å²) < 4.78 is 1.76. The van der Waals surface area contributed by atoms with Gasteiger partial charge in [0.1, 0.15) is 4.47 Å². The van der Waals surface area contributed by atoms with Crippen molar-refractivity contribution < 1.29 is 0 Å². The smallest absolute Gasteiger partial charge is 0.287 e. The van der Waals surface area contributed by atoms with E-state index in [-0.39, 0.29) is 10.7 Å². The molecular formula is C13H8BrClN4O. The highest BCUT2D eigenvalue weighted by Gasteiger charge is 2.15. The molecule has 0 saturated heterocycles. The van der Waals surface area contributed by atoms with Crippen LogP contribution in [0.5, 0.6) is 0 Å². The lowest BCUT2D eigenvalue weighted by molar-refractivity contribution is 0.793. The zero-order valence-corrected chi connectivity index (χ0v) is 12.4. The maximum absolute atomic E-state index is 12.2. The van der Waals surface area contributed by atoms with Gasteiger partial charge >= 0.3 is 0 Å². The average Bonchev–Trinajstić information content (AvgIpc) is 2.77. The Morgan fingerprint density at radius 2 is 1.85 bits per heavy atom. The lowest BCUT2D eigenvalue weighted by Gasteiger charge is -2.00. The van der Waals surface area contributed by atoms with Crippen molar-refractivity contribution in [1.82, 2.24) is 20.0 Å². The van der Waals surface area contributed by atoms with Crippen molar-refractivity contribution in [3.8, 4) is 17.1 Å². The Balaban J connectivity index is 2.16. The zero-order chi connectivity index (χ0) is 14.1. The first kappa shape index (κ1) is 13.1. The van der Waals surface area contributed by atoms with E-state index in [2.05, 4.69) is 31.2 Å². The van der Waals surface area contributed by atoms with Crippen LogP contribution in [0.1, 0.15) is 0 Å². The minimum Gasteiger partial charge on any atom is -0.288 e. The molecule has 0 spiro atoms. The highest BCUT2D eigenvalue weighted by molar-refractivity contribution is 9.10. The maximum Gasteiger partial charge on any atom is 0.287 e. The van der Waals surface area contributed by atoms with Crippen molar-refractivity contribution in [3.63, 3.8) is 0 Å². The molecule has 3 aromatic rings. The summed E-state index contributed by atoms with van der Waals surface area (Å²) >= 11 is 9.00. The van der Waals surface area contributed by atoms with Crippen molar-refractivity contribution in [2.45, 2.75) is 0 Å². The Morgan fingerprint density at radius 3 is 2.50 bits per heavy atom. The summed E-state index contributed by atoms with van der Waals surface area (Å²) in [5.74, 6) is 0.377. The number of nitrogens with one attached hydrogen (secondary N) is 1. The number of aromatic amines is 1. The molecule has 0 aliphatic rings. The molecule has 0 atom stereocenters. The summed E-state index contributed by atoms with van der Waals surface area (Å²) in [5, 5.41) is 10.9. The van der Waals surface area contributed by atoms with Crippen LogP contribution in [0.25, 0.3) is 17.1 Å². The molecule has 0 amide bonds. The number of halogens is 2. The summed E-state index contributed by atoms with van der Waals surface area (Å²) in [4.78, 5) is 12.2. The number of H-pyrrole nitrogens is 1. The van der Waals surface area contributed by atoms with Gasteiger partial charge in [-0.1, -0.05) is 41.9 Å². The highest BCUT2D eigenvalue weighted by atomic mass is 79.9. The molecule has 2 aromatic heterocycles. The van der Waals surface area contributed by atoms with Crippen molar-refractivity contribution in [3.05, 3.63) is 62.4 Å². The van der Waals surface area contributed by atoms with Crippen molar-refractivity contribution in [2.24, 2.45) is 0 Å². The molecule has 0 aliphatic heterocycles. The summed E-state index contributed by atoms with van der Waals surface area (Å²) in [6.45, 7) is 0. The molecular weight excluding hydrogens is 344 g/mol. The van der Waals surface area contributed by atoms with Gasteiger partial charge in [0.25, 0.3) is 5.56 Å². The molecule has 3 rings (SSSR count). The van der Waals surface area contributed by atoms with E-state index < -0.39 is 0 Å². The Hall–Kier alpha value is -1.92. The predicted octanol–water partition coefficient (Wildman–Crippen LogP) is 3.04. The van der Waals surface area contributed by atoms with E-state index in [0.717, 1.165) is 5.56 Å². The summed E-state index contributed by atoms with van der Waals surface area (Å²) in [7, 11) is 0. The molecule has 1 N–H and O–H groups in total. The molecule has 0 radical (unpaired) electrons. The number of nitrogens with zero attached hydrogens (tertiary/aromatic N) is 3. The average molecular weight is 352 g/mol. The molecule has 0 bridgehead atoms. The molecule has 100 valence electrons. The van der Waals surface area contributed by atoms with Gasteiger partial charge < -0.3 is 0 Å². The number of hydrogen-bond acceptors (Lipinski definition) is 3. The van der Waals surface area contributed by atoms with Gasteiger partial charge in [0.05, 0.1) is 5.69 Å². The van der Waals surface area contributed by atoms with Crippen LogP contribution in [0.15, 0.2) is 51.7 Å². The minimum atomic E-state index is -0.236. The largest absolute Gasteiger partial charge is 0.288 e. The maximum atomic E-state index is 12.2. The van der Waals surface area contributed by atoms with E-state index in [1.807, 2.05) is 30.3 Å². The Kier molecular flexibility index (Phi) is 3.42. The van der Waals surface area contributed by atoms with Crippen molar-refractivity contribution in [1.29, 1.82) is 0 Å². The van der Waals surface area contributed by atoms with Crippen LogP contribution in [-0.4, -0.2) is 20.0 Å². The fourth-order valence-corrected chi connectivity index (χ4v) is 2.40. The topological polar surface area (TPSA) is 63.6 Å². The third kappa shape index (κ3) is 2.28. The highest BCUT2D eigenvalue weighted by Crippen LogP contribution is 2.23. The predicted molar refractivity (Wildman–Crippen MR) is 80.1 cm³/mol. The SMILES string of the molecule is O=c1c(Br)c(-c2ccccc2)[nH]n1-c1ccc(Cl)nn1. The molecule has 2 heterocycles. The molecule has 0 aliphatic carbocycles. The Morgan fingerprint density at radius 1 is 1.10 bits per heavy atom. The van der Waals surface area contributed by atoms with Crippen LogP contribution < -0.4 is 5.56 Å². The van der Waals surface area contributed by atoms with Crippen LogP contribution in [-0.2, 0) is 0 Å². The second-order valence-electron chi connectivity index (χ2n) is 4.02. The van der Waals surface area contributed by atoms with Crippen LogP contribution >= 0.6 is 27.5 Å². The third-order valence-corrected chi connectivity index (χ3v) is 3.68. The number of aromatic nitrogens is 4. The molecule has 5 nitrogen and oxygen atoms in total. The van der Waals surface area contributed by atoms with Gasteiger partial charge in [-0.3, -0.25) is 9.89 Å². The number of rotatable bonds is 2. The lowest BCUT2D eigenvalue weighted by atomic mass is 10.2. The zero-order valence-electron chi connectivity index (χ0n) is 10.0. The monoisotopic (exact) mass is 350 g/mol. The minimum absolute atomic E-state index is 0.236. The van der Waals surface area contributed by atoms with E-state index in [1.54, 1.807) is 12.1 Å². The van der Waals surface area contributed by atoms with Crippen molar-refractivity contribution >= 4 is 27.5 Å². The normalized spacial score (nSPS) is 10.7. The molecule has 7 heteroatoms. The van der Waals surface area contributed by atoms with Gasteiger partial charge in [0.15, 0.2) is 11.0 Å². The lowest BCUT2D eigenvalue weighted by Crippen LogP contribution is -2.16. The van der Waals surface area contributed by atoms with Gasteiger partial charge in [0, 0.05) is 5.56 Å². The molecule has 20 heavy (non-hydrogen) atoms. The Bertz CT molecular complexity index is 795. The molecule has 0 saturated carbocycles. The molecule has 0 unspecified atom stereocenters. The fourth-order valence-electron chi connectivity index (χ4n) is 1.80. The second kappa shape index (κ2) is 5.22. The summed E-state index contributed by atoms with van der Waals surface area (Å²) in [6, 6.07) is 12.7. The van der Waals surface area contributed by atoms with Gasteiger partial charge in [-0.15, -0.1) is 10.2 Å². The Labute approximate surface area is 127 Å². The summed E-state index contributed by atoms with van der Waals surface area (Å²) in [5.41, 5.74) is 1.35. The molecule has 1 aromatic carbocycles. The van der Waals surface area contributed by atoms with Gasteiger partial charge in [-0.05, 0) is 28.1 Å².